The van der Waals surface area contributed by atoms with E-state index in [1.54, 1.807) is 0 Å². The minimum atomic E-state index is 0.639. The van der Waals surface area contributed by atoms with Gasteiger partial charge in [0.2, 0.25) is 0 Å². The van der Waals surface area contributed by atoms with Crippen LogP contribution in [-0.2, 0) is 4.74 Å². The lowest BCUT2D eigenvalue weighted by Crippen LogP contribution is -2.36. The lowest BCUT2D eigenvalue weighted by molar-refractivity contribution is 0.0471. The van der Waals surface area contributed by atoms with Gasteiger partial charge in [0.1, 0.15) is 0 Å². The van der Waals surface area contributed by atoms with Gasteiger partial charge in [-0.3, -0.25) is 4.90 Å². The second kappa shape index (κ2) is 4.38. The number of rotatable bonds is 2. The predicted molar refractivity (Wildman–Crippen MR) is 45.3 cm³/mol. The molecule has 2 nitrogen and oxygen atoms in total. The van der Waals surface area contributed by atoms with E-state index in [1.807, 2.05) is 0 Å². The molecule has 1 rings (SSSR count). The quantitative estimate of drug-likeness (QED) is 0.542. The van der Waals surface area contributed by atoms with Crippen molar-refractivity contribution in [2.75, 3.05) is 26.8 Å². The van der Waals surface area contributed by atoms with Crippen molar-refractivity contribution in [1.29, 1.82) is 0 Å². The molecular formula is C9H15NO. The molecule has 0 aromatic carbocycles. The van der Waals surface area contributed by atoms with Crippen molar-refractivity contribution in [2.24, 2.45) is 0 Å². The Hall–Kier alpha value is -0.520. The highest BCUT2D eigenvalue weighted by Crippen LogP contribution is 2.11. The molecule has 62 valence electrons. The molecule has 1 fully saturated rings. The second-order valence-electron chi connectivity index (χ2n) is 2.96. The smallest absolute Gasteiger partial charge is 0.0598 e. The molecule has 0 aromatic heterocycles. The molecule has 1 saturated heterocycles. The highest BCUT2D eigenvalue weighted by Gasteiger charge is 2.16. The Balaban J connectivity index is 2.27. The lowest BCUT2D eigenvalue weighted by atomic mass is 10.1. The van der Waals surface area contributed by atoms with Crippen LogP contribution < -0.4 is 0 Å². The van der Waals surface area contributed by atoms with E-state index >= 15 is 0 Å². The first-order chi connectivity index (χ1) is 5.34. The molecule has 0 amide bonds. The van der Waals surface area contributed by atoms with Gasteiger partial charge in [0, 0.05) is 19.3 Å². The molecule has 0 saturated carbocycles. The van der Waals surface area contributed by atoms with Crippen LogP contribution in [-0.4, -0.2) is 37.7 Å². The van der Waals surface area contributed by atoms with Crippen LogP contribution >= 0.6 is 0 Å². The van der Waals surface area contributed by atoms with E-state index in [1.165, 1.54) is 0 Å². The van der Waals surface area contributed by atoms with E-state index < -0.39 is 0 Å². The molecule has 0 aromatic rings. The SMILES string of the molecule is C#CCN(C)C1CCOCC1. The summed E-state index contributed by atoms with van der Waals surface area (Å²) in [5.74, 6) is 2.65. The average Bonchev–Trinajstić information content (AvgIpc) is 2.07. The number of ether oxygens (including phenoxy) is 1. The van der Waals surface area contributed by atoms with Crippen molar-refractivity contribution in [3.05, 3.63) is 0 Å². The zero-order valence-corrected chi connectivity index (χ0v) is 7.05. The van der Waals surface area contributed by atoms with Crippen LogP contribution in [0.15, 0.2) is 0 Å². The van der Waals surface area contributed by atoms with Crippen LogP contribution in [0, 0.1) is 12.3 Å². The van der Waals surface area contributed by atoms with Gasteiger partial charge in [-0.1, -0.05) is 5.92 Å². The summed E-state index contributed by atoms with van der Waals surface area (Å²) in [6.07, 6.45) is 7.46. The van der Waals surface area contributed by atoms with Crippen molar-refractivity contribution >= 4 is 0 Å². The molecule has 1 heterocycles. The van der Waals surface area contributed by atoms with Gasteiger partial charge in [0.25, 0.3) is 0 Å². The Bertz CT molecular complexity index is 144. The van der Waals surface area contributed by atoms with Crippen LogP contribution in [0.25, 0.3) is 0 Å². The first kappa shape index (κ1) is 8.58. The molecule has 0 spiro atoms. The number of hydrogen-bond acceptors (Lipinski definition) is 2. The summed E-state index contributed by atoms with van der Waals surface area (Å²) in [7, 11) is 2.08. The first-order valence-electron chi connectivity index (χ1n) is 4.06. The second-order valence-corrected chi connectivity index (χ2v) is 2.96. The van der Waals surface area contributed by atoms with Gasteiger partial charge >= 0.3 is 0 Å². The molecule has 1 aliphatic heterocycles. The summed E-state index contributed by atoms with van der Waals surface area (Å²) in [5, 5.41) is 0. The zero-order valence-electron chi connectivity index (χ0n) is 7.05. The maximum absolute atomic E-state index is 5.25. The van der Waals surface area contributed by atoms with Gasteiger partial charge in [0.15, 0.2) is 0 Å². The van der Waals surface area contributed by atoms with Crippen LogP contribution in [0.4, 0.5) is 0 Å². The number of terminal acetylenes is 1. The molecular weight excluding hydrogens is 138 g/mol. The van der Waals surface area contributed by atoms with Crippen molar-refractivity contribution in [2.45, 2.75) is 18.9 Å². The summed E-state index contributed by atoms with van der Waals surface area (Å²) in [5.41, 5.74) is 0. The fourth-order valence-electron chi connectivity index (χ4n) is 1.40. The molecule has 1 aliphatic rings. The number of hydrogen-bond donors (Lipinski definition) is 0. The van der Waals surface area contributed by atoms with Gasteiger partial charge in [-0.15, -0.1) is 6.42 Å². The van der Waals surface area contributed by atoms with Crippen LogP contribution in [0.3, 0.4) is 0 Å². The van der Waals surface area contributed by atoms with E-state index in [2.05, 4.69) is 17.9 Å². The third-order valence-electron chi connectivity index (χ3n) is 2.15. The van der Waals surface area contributed by atoms with E-state index in [0.29, 0.717) is 6.04 Å². The third kappa shape index (κ3) is 2.53. The Morgan fingerprint density at radius 1 is 1.55 bits per heavy atom. The molecule has 2 heteroatoms. The van der Waals surface area contributed by atoms with Crippen LogP contribution in [0.1, 0.15) is 12.8 Å². The first-order valence-corrected chi connectivity index (χ1v) is 4.06. The monoisotopic (exact) mass is 153 g/mol. The Morgan fingerprint density at radius 3 is 2.73 bits per heavy atom. The minimum absolute atomic E-state index is 0.639. The van der Waals surface area contributed by atoms with E-state index in [4.69, 9.17) is 11.2 Å². The molecule has 0 N–H and O–H groups in total. The summed E-state index contributed by atoms with van der Waals surface area (Å²) in [6.45, 7) is 2.53. The molecule has 0 bridgehead atoms. The maximum atomic E-state index is 5.25. The van der Waals surface area contributed by atoms with E-state index in [-0.39, 0.29) is 0 Å². The molecule has 0 atom stereocenters. The fourth-order valence-corrected chi connectivity index (χ4v) is 1.40. The molecule has 0 unspecified atom stereocenters. The highest BCUT2D eigenvalue weighted by atomic mass is 16.5. The maximum Gasteiger partial charge on any atom is 0.0598 e. The predicted octanol–water partition coefficient (Wildman–Crippen LogP) is 0.730. The van der Waals surface area contributed by atoms with E-state index in [9.17, 15) is 0 Å². The molecule has 0 aliphatic carbocycles. The zero-order chi connectivity index (χ0) is 8.10. The summed E-state index contributed by atoms with van der Waals surface area (Å²) in [4.78, 5) is 2.22. The molecule has 11 heavy (non-hydrogen) atoms. The van der Waals surface area contributed by atoms with Crippen molar-refractivity contribution in [3.63, 3.8) is 0 Å². The lowest BCUT2D eigenvalue weighted by Gasteiger charge is -2.29. The Morgan fingerprint density at radius 2 is 2.18 bits per heavy atom. The molecule has 0 radical (unpaired) electrons. The van der Waals surface area contributed by atoms with Gasteiger partial charge in [0.05, 0.1) is 6.54 Å². The average molecular weight is 153 g/mol. The minimum Gasteiger partial charge on any atom is -0.381 e. The van der Waals surface area contributed by atoms with Crippen LogP contribution in [0.5, 0.6) is 0 Å². The summed E-state index contributed by atoms with van der Waals surface area (Å²) < 4.78 is 5.25. The highest BCUT2D eigenvalue weighted by molar-refractivity contribution is 4.89. The van der Waals surface area contributed by atoms with Gasteiger partial charge in [-0.25, -0.2) is 0 Å². The summed E-state index contributed by atoms with van der Waals surface area (Å²) in [6, 6.07) is 0.639. The summed E-state index contributed by atoms with van der Waals surface area (Å²) >= 11 is 0. The van der Waals surface area contributed by atoms with Crippen molar-refractivity contribution < 1.29 is 4.74 Å². The van der Waals surface area contributed by atoms with Crippen molar-refractivity contribution in [1.82, 2.24) is 4.90 Å². The normalized spacial score (nSPS) is 20.1. The van der Waals surface area contributed by atoms with E-state index in [0.717, 1.165) is 32.6 Å². The third-order valence-corrected chi connectivity index (χ3v) is 2.15. The van der Waals surface area contributed by atoms with Gasteiger partial charge in [-0.2, -0.15) is 0 Å². The number of nitrogens with zero attached hydrogens (tertiary/aromatic N) is 1. The standard InChI is InChI=1S/C9H15NO/c1-3-6-10(2)9-4-7-11-8-5-9/h1,9H,4-8H2,2H3. The van der Waals surface area contributed by atoms with Gasteiger partial charge < -0.3 is 4.74 Å². The Labute approximate surface area is 68.5 Å². The largest absolute Gasteiger partial charge is 0.381 e. The fraction of sp³-hybridized carbons (Fsp3) is 0.778. The van der Waals surface area contributed by atoms with Gasteiger partial charge in [-0.05, 0) is 19.9 Å². The van der Waals surface area contributed by atoms with Crippen LogP contribution in [0.2, 0.25) is 0 Å². The topological polar surface area (TPSA) is 12.5 Å². The van der Waals surface area contributed by atoms with Crippen molar-refractivity contribution in [3.8, 4) is 12.3 Å². The Kier molecular flexibility index (Phi) is 3.41.